The van der Waals surface area contributed by atoms with Crippen molar-refractivity contribution < 1.29 is 22.3 Å². The summed E-state index contributed by atoms with van der Waals surface area (Å²) in [5, 5.41) is 0.749. The molecule has 5 aromatic rings. The summed E-state index contributed by atoms with van der Waals surface area (Å²) >= 11 is 17.9. The molecule has 190 valence electrons. The maximum absolute atomic E-state index is 13.9. The number of hydrogen-bond donors (Lipinski definition) is 0. The molecule has 0 unspecified atom stereocenters. The van der Waals surface area contributed by atoms with Gasteiger partial charge in [-0.15, -0.1) is 0 Å². The minimum absolute atomic E-state index is 0.0972. The van der Waals surface area contributed by atoms with Gasteiger partial charge in [0.25, 0.3) is 0 Å². The van der Waals surface area contributed by atoms with Crippen LogP contribution in [-0.2, 0) is 0 Å². The first-order chi connectivity index (χ1) is 17.5. The lowest BCUT2D eigenvalue weighted by Crippen LogP contribution is -1.96. The highest BCUT2D eigenvalue weighted by Gasteiger charge is 2.17. The first-order valence-corrected chi connectivity index (χ1v) is 11.7. The van der Waals surface area contributed by atoms with Crippen molar-refractivity contribution in [3.05, 3.63) is 92.2 Å². The van der Waals surface area contributed by atoms with Crippen molar-refractivity contribution in [2.75, 3.05) is 7.11 Å². The summed E-state index contributed by atoms with van der Waals surface area (Å²) in [6.45, 7) is 3.36. The number of halogens is 7. The smallest absolute Gasteiger partial charge is 0.212 e. The fraction of sp³-hybridized carbons (Fsp3) is 0.115. The number of rotatable bonds is 2. The average molecular weight is 569 g/mol. The van der Waals surface area contributed by atoms with Gasteiger partial charge in [-0.25, -0.2) is 32.5 Å². The van der Waals surface area contributed by atoms with E-state index in [9.17, 15) is 17.6 Å². The summed E-state index contributed by atoms with van der Waals surface area (Å²) in [7, 11) is 1.52. The lowest BCUT2D eigenvalue weighted by Gasteiger charge is -2.11. The molecule has 0 bridgehead atoms. The number of ether oxygens (including phenoxy) is 1. The predicted octanol–water partition coefficient (Wildman–Crippen LogP) is 8.67. The Kier molecular flexibility index (Phi) is 7.73. The molecule has 2 aromatic carbocycles. The van der Waals surface area contributed by atoms with E-state index in [1.807, 2.05) is 0 Å². The maximum Gasteiger partial charge on any atom is 0.212 e. The van der Waals surface area contributed by atoms with Crippen LogP contribution in [0.1, 0.15) is 11.1 Å². The number of pyridine rings is 3. The van der Waals surface area contributed by atoms with Gasteiger partial charge in [0, 0.05) is 47.7 Å². The summed E-state index contributed by atoms with van der Waals surface area (Å²) in [5.74, 6) is -2.40. The Morgan fingerprint density at radius 2 is 1.27 bits per heavy atom. The lowest BCUT2D eigenvalue weighted by molar-refractivity contribution is 0.398. The zero-order chi connectivity index (χ0) is 27.0. The van der Waals surface area contributed by atoms with Crippen molar-refractivity contribution in [3.8, 4) is 17.1 Å². The zero-order valence-electron chi connectivity index (χ0n) is 19.4. The molecule has 0 saturated heterocycles. The molecular weight excluding hydrogens is 553 g/mol. The Morgan fingerprint density at radius 3 is 1.78 bits per heavy atom. The first kappa shape index (κ1) is 26.9. The van der Waals surface area contributed by atoms with E-state index < -0.39 is 23.3 Å². The molecule has 0 N–H and O–H groups in total. The van der Waals surface area contributed by atoms with Gasteiger partial charge in [-0.2, -0.15) is 0 Å². The van der Waals surface area contributed by atoms with Gasteiger partial charge < -0.3 is 4.74 Å². The van der Waals surface area contributed by atoms with Gasteiger partial charge in [0.15, 0.2) is 0 Å². The molecule has 0 fully saturated rings. The Balaban J connectivity index is 0.000000186. The summed E-state index contributed by atoms with van der Waals surface area (Å²) in [4.78, 5) is 12.3. The molecule has 4 nitrogen and oxygen atoms in total. The third kappa shape index (κ3) is 5.28. The second-order valence-electron chi connectivity index (χ2n) is 7.89. The number of fused-ring (bicyclic) bond motifs is 2. The Bertz CT molecular complexity index is 1660. The van der Waals surface area contributed by atoms with Crippen molar-refractivity contribution in [1.29, 1.82) is 0 Å². The van der Waals surface area contributed by atoms with Crippen LogP contribution in [0.4, 0.5) is 17.6 Å². The third-order valence-corrected chi connectivity index (χ3v) is 6.81. The fourth-order valence-electron chi connectivity index (χ4n) is 3.62. The number of nitrogens with zero attached hydrogens (tertiary/aromatic N) is 3. The van der Waals surface area contributed by atoms with Gasteiger partial charge in [-0.1, -0.05) is 34.8 Å². The van der Waals surface area contributed by atoms with Crippen molar-refractivity contribution in [3.63, 3.8) is 0 Å². The minimum Gasteiger partial charge on any atom is -0.481 e. The van der Waals surface area contributed by atoms with Crippen molar-refractivity contribution in [1.82, 2.24) is 15.0 Å². The lowest BCUT2D eigenvalue weighted by atomic mass is 10.1. The average Bonchev–Trinajstić information content (AvgIpc) is 2.84. The van der Waals surface area contributed by atoms with Crippen molar-refractivity contribution in [2.45, 2.75) is 13.8 Å². The molecule has 11 heteroatoms. The van der Waals surface area contributed by atoms with Crippen LogP contribution in [0.5, 0.6) is 5.88 Å². The third-order valence-electron chi connectivity index (χ3n) is 5.50. The quantitative estimate of drug-likeness (QED) is 0.158. The van der Waals surface area contributed by atoms with Gasteiger partial charge in [0.1, 0.15) is 28.4 Å². The van der Waals surface area contributed by atoms with Crippen LogP contribution >= 0.6 is 34.8 Å². The highest BCUT2D eigenvalue weighted by Crippen LogP contribution is 2.35. The van der Waals surface area contributed by atoms with E-state index in [0.29, 0.717) is 28.3 Å². The standard InChI is InChI=1S/C16H11ClF2N2O.C10H5Cl2F2N/c1-8-15(17)14-11(19)5-10(18)6-12(14)21-16(8)9-3-4-13(22-2)20-7-9;1-4-9(11)8-6(14)2-5(13)3-7(8)15-10(4)12/h3-7H,1-2H3;2-3H,1H3. The van der Waals surface area contributed by atoms with Gasteiger partial charge >= 0.3 is 0 Å². The zero-order valence-corrected chi connectivity index (χ0v) is 21.7. The van der Waals surface area contributed by atoms with E-state index in [4.69, 9.17) is 39.5 Å². The molecule has 0 saturated carbocycles. The fourth-order valence-corrected chi connectivity index (χ4v) is 4.40. The highest BCUT2D eigenvalue weighted by atomic mass is 35.5. The van der Waals surface area contributed by atoms with Gasteiger partial charge in [0.2, 0.25) is 5.88 Å². The van der Waals surface area contributed by atoms with Crippen LogP contribution < -0.4 is 4.74 Å². The van der Waals surface area contributed by atoms with Crippen molar-refractivity contribution >= 4 is 56.6 Å². The molecule has 0 aliphatic rings. The van der Waals surface area contributed by atoms with Crippen LogP contribution in [-0.4, -0.2) is 22.1 Å². The molecule has 0 aliphatic heterocycles. The van der Waals surface area contributed by atoms with E-state index >= 15 is 0 Å². The molecule has 5 rings (SSSR count). The van der Waals surface area contributed by atoms with Crippen LogP contribution in [0, 0.1) is 37.1 Å². The second-order valence-corrected chi connectivity index (χ2v) is 9.01. The van der Waals surface area contributed by atoms with E-state index in [1.165, 1.54) is 7.11 Å². The SMILES string of the molecule is COc1ccc(-c2nc3cc(F)cc(F)c3c(Cl)c2C)cn1.Cc1c(Cl)nc2cc(F)cc(F)c2c1Cl. The number of hydrogen-bond acceptors (Lipinski definition) is 4. The maximum atomic E-state index is 13.9. The van der Waals surface area contributed by atoms with Gasteiger partial charge in [0.05, 0.1) is 44.7 Å². The molecule has 0 amide bonds. The summed E-state index contributed by atoms with van der Waals surface area (Å²) < 4.78 is 58.6. The summed E-state index contributed by atoms with van der Waals surface area (Å²) in [6.07, 6.45) is 1.58. The topological polar surface area (TPSA) is 47.9 Å². The molecule has 37 heavy (non-hydrogen) atoms. The molecule has 0 radical (unpaired) electrons. The minimum atomic E-state index is -0.734. The van der Waals surface area contributed by atoms with Crippen LogP contribution in [0.15, 0.2) is 42.6 Å². The largest absolute Gasteiger partial charge is 0.481 e. The van der Waals surface area contributed by atoms with E-state index in [2.05, 4.69) is 15.0 Å². The predicted molar refractivity (Wildman–Crippen MR) is 138 cm³/mol. The number of aromatic nitrogens is 3. The monoisotopic (exact) mass is 567 g/mol. The van der Waals surface area contributed by atoms with E-state index in [-0.39, 0.29) is 37.0 Å². The van der Waals surface area contributed by atoms with E-state index in [0.717, 1.165) is 24.3 Å². The molecule has 3 heterocycles. The first-order valence-electron chi connectivity index (χ1n) is 10.6. The number of benzene rings is 2. The Hall–Kier alpha value is -3.20. The number of methoxy groups -OCH3 is 1. The normalized spacial score (nSPS) is 11.0. The van der Waals surface area contributed by atoms with Gasteiger partial charge in [-0.3, -0.25) is 0 Å². The van der Waals surface area contributed by atoms with Crippen molar-refractivity contribution in [2.24, 2.45) is 0 Å². The van der Waals surface area contributed by atoms with Crippen LogP contribution in [0.3, 0.4) is 0 Å². The van der Waals surface area contributed by atoms with Crippen LogP contribution in [0.2, 0.25) is 15.2 Å². The second kappa shape index (κ2) is 10.7. The highest BCUT2D eigenvalue weighted by molar-refractivity contribution is 6.39. The molecule has 0 atom stereocenters. The van der Waals surface area contributed by atoms with Gasteiger partial charge in [-0.05, 0) is 25.5 Å². The Labute approximate surface area is 223 Å². The van der Waals surface area contributed by atoms with E-state index in [1.54, 1.807) is 32.2 Å². The molecule has 0 aliphatic carbocycles. The Morgan fingerprint density at radius 1 is 0.730 bits per heavy atom. The molecule has 3 aromatic heterocycles. The summed E-state index contributed by atoms with van der Waals surface area (Å²) in [6, 6.07) is 7.26. The molecular formula is C26H16Cl3F4N3O. The summed E-state index contributed by atoms with van der Waals surface area (Å²) in [5.41, 5.74) is 2.58. The molecule has 0 spiro atoms. The van der Waals surface area contributed by atoms with Crippen LogP contribution in [0.25, 0.3) is 33.1 Å².